The number of benzene rings is 2. The number of hydrogen-bond acceptors (Lipinski definition) is 3. The Bertz CT molecular complexity index is 665. The van der Waals surface area contributed by atoms with Gasteiger partial charge in [0.1, 0.15) is 5.75 Å². The zero-order valence-electron chi connectivity index (χ0n) is 10.9. The van der Waals surface area contributed by atoms with E-state index in [-0.39, 0.29) is 11.4 Å². The normalized spacial score (nSPS) is 10.8. The maximum atomic E-state index is 13.5. The molecule has 0 fully saturated rings. The Labute approximate surface area is 127 Å². The zero-order valence-corrected chi connectivity index (χ0v) is 12.5. The summed E-state index contributed by atoms with van der Waals surface area (Å²) in [7, 11) is 0. The first kappa shape index (κ1) is 15.5. The van der Waals surface area contributed by atoms with Crippen molar-refractivity contribution in [3.8, 4) is 17.2 Å². The van der Waals surface area contributed by atoms with Gasteiger partial charge in [-0.25, -0.2) is 4.39 Å². The summed E-state index contributed by atoms with van der Waals surface area (Å²) >= 11 is 3.31. The molecule has 0 spiro atoms. The second-order valence-electron chi connectivity index (χ2n) is 4.23. The molecule has 0 heterocycles. The smallest absolute Gasteiger partial charge is 0.387 e. The van der Waals surface area contributed by atoms with Gasteiger partial charge in [-0.3, -0.25) is 0 Å². The van der Waals surface area contributed by atoms with E-state index < -0.39 is 18.2 Å². The van der Waals surface area contributed by atoms with E-state index in [1.807, 2.05) is 13.0 Å². The Hall–Kier alpha value is -1.89. The molecular formula is C14H11BrF3NO2. The molecule has 0 bridgehead atoms. The van der Waals surface area contributed by atoms with E-state index in [0.29, 0.717) is 10.2 Å². The van der Waals surface area contributed by atoms with Crippen molar-refractivity contribution < 1.29 is 22.6 Å². The summed E-state index contributed by atoms with van der Waals surface area (Å²) in [6.45, 7) is -1.24. The van der Waals surface area contributed by atoms with Gasteiger partial charge in [0.05, 0.1) is 10.2 Å². The Morgan fingerprint density at radius 2 is 1.81 bits per heavy atom. The molecule has 2 N–H and O–H groups in total. The van der Waals surface area contributed by atoms with Crippen LogP contribution >= 0.6 is 15.9 Å². The number of alkyl halides is 2. The molecular weight excluding hydrogens is 351 g/mol. The molecule has 21 heavy (non-hydrogen) atoms. The minimum absolute atomic E-state index is 0.0246. The van der Waals surface area contributed by atoms with Crippen LogP contribution in [-0.4, -0.2) is 6.61 Å². The van der Waals surface area contributed by atoms with E-state index in [9.17, 15) is 13.2 Å². The molecule has 2 rings (SSSR count). The lowest BCUT2D eigenvalue weighted by Gasteiger charge is -2.13. The summed E-state index contributed by atoms with van der Waals surface area (Å²) in [5, 5.41) is 0. The SMILES string of the molecule is Cc1ccc(Oc2cc(OC(F)F)c(F)cc2N)c(Br)c1. The topological polar surface area (TPSA) is 44.5 Å². The molecule has 0 aliphatic rings. The number of nitrogens with two attached hydrogens (primary N) is 1. The monoisotopic (exact) mass is 361 g/mol. The van der Waals surface area contributed by atoms with Crippen molar-refractivity contribution >= 4 is 21.6 Å². The van der Waals surface area contributed by atoms with E-state index in [1.54, 1.807) is 12.1 Å². The second kappa shape index (κ2) is 6.26. The van der Waals surface area contributed by atoms with Gasteiger partial charge in [0.15, 0.2) is 17.3 Å². The molecule has 0 saturated carbocycles. The molecule has 2 aromatic carbocycles. The lowest BCUT2D eigenvalue weighted by Crippen LogP contribution is -2.05. The Balaban J connectivity index is 2.34. The summed E-state index contributed by atoms with van der Waals surface area (Å²) in [6.07, 6.45) is 0. The number of anilines is 1. The average Bonchev–Trinajstić information content (AvgIpc) is 2.37. The fourth-order valence-corrected chi connectivity index (χ4v) is 2.21. The zero-order chi connectivity index (χ0) is 15.6. The maximum Gasteiger partial charge on any atom is 0.387 e. The van der Waals surface area contributed by atoms with Crippen LogP contribution in [0.3, 0.4) is 0 Å². The number of nitrogen functional groups attached to an aromatic ring is 1. The number of halogens is 4. The van der Waals surface area contributed by atoms with Crippen LogP contribution in [0.4, 0.5) is 18.9 Å². The minimum atomic E-state index is -3.14. The first-order chi connectivity index (χ1) is 9.86. The highest BCUT2D eigenvalue weighted by atomic mass is 79.9. The minimum Gasteiger partial charge on any atom is -0.454 e. The van der Waals surface area contributed by atoms with E-state index in [0.717, 1.165) is 17.7 Å². The molecule has 0 atom stereocenters. The molecule has 0 aliphatic heterocycles. The third kappa shape index (κ3) is 3.81. The molecule has 0 amide bonds. The van der Waals surface area contributed by atoms with Crippen LogP contribution in [0, 0.1) is 12.7 Å². The van der Waals surface area contributed by atoms with Gasteiger partial charge < -0.3 is 15.2 Å². The molecule has 0 aliphatic carbocycles. The molecule has 0 saturated heterocycles. The van der Waals surface area contributed by atoms with Crippen LogP contribution in [-0.2, 0) is 0 Å². The van der Waals surface area contributed by atoms with Crippen LogP contribution in [0.1, 0.15) is 5.56 Å². The third-order valence-corrected chi connectivity index (χ3v) is 3.21. The summed E-state index contributed by atoms with van der Waals surface area (Å²) in [5.41, 5.74) is 6.60. The molecule has 7 heteroatoms. The second-order valence-corrected chi connectivity index (χ2v) is 5.09. The van der Waals surface area contributed by atoms with Crippen molar-refractivity contribution in [1.82, 2.24) is 0 Å². The largest absolute Gasteiger partial charge is 0.454 e. The van der Waals surface area contributed by atoms with Crippen LogP contribution in [0.15, 0.2) is 34.8 Å². The summed E-state index contributed by atoms with van der Waals surface area (Å²) in [6, 6.07) is 7.15. The first-order valence-corrected chi connectivity index (χ1v) is 6.64. The first-order valence-electron chi connectivity index (χ1n) is 5.84. The highest BCUT2D eigenvalue weighted by molar-refractivity contribution is 9.10. The molecule has 0 radical (unpaired) electrons. The van der Waals surface area contributed by atoms with Gasteiger partial charge in [-0.15, -0.1) is 0 Å². The number of ether oxygens (including phenoxy) is 2. The molecule has 3 nitrogen and oxygen atoms in total. The lowest BCUT2D eigenvalue weighted by molar-refractivity contribution is -0.0522. The van der Waals surface area contributed by atoms with Crippen LogP contribution in [0.25, 0.3) is 0 Å². The van der Waals surface area contributed by atoms with Crippen LogP contribution in [0.2, 0.25) is 0 Å². The number of rotatable bonds is 4. The number of aryl methyl sites for hydroxylation is 1. The van der Waals surface area contributed by atoms with Gasteiger partial charge >= 0.3 is 6.61 Å². The summed E-state index contributed by atoms with van der Waals surface area (Å²) in [4.78, 5) is 0. The molecule has 112 valence electrons. The Kier molecular flexibility index (Phi) is 4.62. The quantitative estimate of drug-likeness (QED) is 0.789. The van der Waals surface area contributed by atoms with Gasteiger partial charge in [0.25, 0.3) is 0 Å². The predicted molar refractivity (Wildman–Crippen MR) is 76.4 cm³/mol. The van der Waals surface area contributed by atoms with Gasteiger partial charge in [-0.2, -0.15) is 8.78 Å². The molecule has 0 unspecified atom stereocenters. The lowest BCUT2D eigenvalue weighted by atomic mass is 10.2. The van der Waals surface area contributed by atoms with Crippen molar-refractivity contribution in [2.24, 2.45) is 0 Å². The van der Waals surface area contributed by atoms with Crippen molar-refractivity contribution in [2.45, 2.75) is 13.5 Å². The van der Waals surface area contributed by atoms with Crippen molar-refractivity contribution in [1.29, 1.82) is 0 Å². The predicted octanol–water partition coefficient (Wildman–Crippen LogP) is 4.87. The number of hydrogen-bond donors (Lipinski definition) is 1. The van der Waals surface area contributed by atoms with Crippen LogP contribution < -0.4 is 15.2 Å². The Morgan fingerprint density at radius 3 is 2.43 bits per heavy atom. The molecule has 0 aromatic heterocycles. The van der Waals surface area contributed by atoms with Gasteiger partial charge in [0, 0.05) is 12.1 Å². The van der Waals surface area contributed by atoms with Crippen LogP contribution in [0.5, 0.6) is 17.2 Å². The van der Waals surface area contributed by atoms with E-state index in [2.05, 4.69) is 20.7 Å². The fourth-order valence-electron chi connectivity index (χ4n) is 1.63. The Morgan fingerprint density at radius 1 is 1.10 bits per heavy atom. The van der Waals surface area contributed by atoms with E-state index in [1.165, 1.54) is 0 Å². The van der Waals surface area contributed by atoms with Gasteiger partial charge in [-0.05, 0) is 40.5 Å². The van der Waals surface area contributed by atoms with Crippen molar-refractivity contribution in [3.05, 3.63) is 46.2 Å². The van der Waals surface area contributed by atoms with Crippen molar-refractivity contribution in [2.75, 3.05) is 5.73 Å². The summed E-state index contributed by atoms with van der Waals surface area (Å²) in [5.74, 6) is -1.17. The third-order valence-electron chi connectivity index (χ3n) is 2.59. The van der Waals surface area contributed by atoms with Gasteiger partial charge in [-0.1, -0.05) is 6.07 Å². The fraction of sp³-hybridized carbons (Fsp3) is 0.143. The van der Waals surface area contributed by atoms with E-state index >= 15 is 0 Å². The highest BCUT2D eigenvalue weighted by Crippen LogP contribution is 2.37. The van der Waals surface area contributed by atoms with E-state index in [4.69, 9.17) is 10.5 Å². The maximum absolute atomic E-state index is 13.5. The molecule has 2 aromatic rings. The standard InChI is InChI=1S/C14H11BrF3NO2/c1-7-2-3-11(8(15)4-7)20-13-6-12(21-14(17)18)9(16)5-10(13)19/h2-6,14H,19H2,1H3. The van der Waals surface area contributed by atoms with Crippen molar-refractivity contribution in [3.63, 3.8) is 0 Å². The van der Waals surface area contributed by atoms with Gasteiger partial charge in [0.2, 0.25) is 0 Å². The summed E-state index contributed by atoms with van der Waals surface area (Å²) < 4.78 is 48.1. The average molecular weight is 362 g/mol. The highest BCUT2D eigenvalue weighted by Gasteiger charge is 2.15.